The van der Waals surface area contributed by atoms with E-state index in [1.165, 1.54) is 38.5 Å². The van der Waals surface area contributed by atoms with Crippen molar-refractivity contribution in [2.45, 2.75) is 77.2 Å². The van der Waals surface area contributed by atoms with E-state index >= 15 is 0 Å². The molecule has 0 saturated carbocycles. The molecule has 0 aromatic rings. The molecule has 0 unspecified atom stereocenters. The molecule has 2 N–H and O–H groups in total. The van der Waals surface area contributed by atoms with E-state index in [0.717, 1.165) is 30.7 Å². The minimum atomic E-state index is -0.124. The maximum Gasteiger partial charge on any atom is 0.0750 e. The fourth-order valence-electron chi connectivity index (χ4n) is 1.93. The normalized spacial score (nSPS) is 12.4. The zero-order chi connectivity index (χ0) is 12.9. The molecule has 0 amide bonds. The highest BCUT2D eigenvalue weighted by molar-refractivity contribution is 7.80. The quantitative estimate of drug-likeness (QED) is 0.437. The van der Waals surface area contributed by atoms with Crippen molar-refractivity contribution in [2.24, 2.45) is 0 Å². The molecule has 0 aliphatic carbocycles. The molecule has 3 heteroatoms. The summed E-state index contributed by atoms with van der Waals surface area (Å²) in [5.74, 6) is 0. The number of hydrogen-bond acceptors (Lipinski definition) is 2. The topological polar surface area (TPSA) is 32.3 Å². The van der Waals surface area contributed by atoms with E-state index in [0.29, 0.717) is 0 Å². The van der Waals surface area contributed by atoms with Crippen molar-refractivity contribution in [3.63, 3.8) is 0 Å². The van der Waals surface area contributed by atoms with Crippen LogP contribution in [0, 0.1) is 0 Å². The van der Waals surface area contributed by atoms with Crippen molar-refractivity contribution < 1.29 is 5.11 Å². The van der Waals surface area contributed by atoms with Crippen molar-refractivity contribution in [1.29, 1.82) is 0 Å². The molecule has 0 aromatic heterocycles. The second kappa shape index (κ2) is 12.3. The summed E-state index contributed by atoms with van der Waals surface area (Å²) in [7, 11) is 1.86. The molecule has 0 fully saturated rings. The predicted molar refractivity (Wildman–Crippen MR) is 79.5 cm³/mol. The molecule has 0 aliphatic rings. The van der Waals surface area contributed by atoms with E-state index < -0.39 is 0 Å². The Morgan fingerprint density at radius 2 is 1.65 bits per heavy atom. The highest BCUT2D eigenvalue weighted by atomic mass is 32.1. The first-order valence-corrected chi connectivity index (χ1v) is 7.50. The van der Waals surface area contributed by atoms with Crippen LogP contribution in [0.2, 0.25) is 0 Å². The number of aliphatic hydroxyl groups is 1. The molecule has 0 heterocycles. The lowest BCUT2D eigenvalue weighted by Crippen LogP contribution is -2.16. The molecular formula is C14H29NOS. The van der Waals surface area contributed by atoms with Crippen LogP contribution in [0.15, 0.2) is 0 Å². The van der Waals surface area contributed by atoms with Gasteiger partial charge in [0.1, 0.15) is 0 Å². The summed E-state index contributed by atoms with van der Waals surface area (Å²) in [5, 5.41) is 12.7. The Labute approximate surface area is 112 Å². The molecule has 0 aliphatic heterocycles. The third kappa shape index (κ3) is 12.1. The van der Waals surface area contributed by atoms with Gasteiger partial charge in [-0.1, -0.05) is 57.7 Å². The first-order chi connectivity index (χ1) is 8.20. The summed E-state index contributed by atoms with van der Waals surface area (Å²) < 4.78 is 0. The van der Waals surface area contributed by atoms with E-state index in [-0.39, 0.29) is 6.10 Å². The van der Waals surface area contributed by atoms with E-state index in [1.807, 2.05) is 7.05 Å². The minimum Gasteiger partial charge on any atom is -0.393 e. The number of rotatable bonds is 11. The molecule has 2 nitrogen and oxygen atoms in total. The fourth-order valence-corrected chi connectivity index (χ4v) is 2.07. The van der Waals surface area contributed by atoms with Gasteiger partial charge in [-0.2, -0.15) is 0 Å². The first-order valence-electron chi connectivity index (χ1n) is 7.09. The maximum absolute atomic E-state index is 9.77. The summed E-state index contributed by atoms with van der Waals surface area (Å²) in [4.78, 5) is 0.900. The average Bonchev–Trinajstić information content (AvgIpc) is 2.33. The number of thiocarbonyl (C=S) groups is 1. The Bertz CT molecular complexity index is 185. The molecule has 102 valence electrons. The highest BCUT2D eigenvalue weighted by Gasteiger charge is 2.04. The van der Waals surface area contributed by atoms with Gasteiger partial charge in [0.2, 0.25) is 0 Å². The third-order valence-electron chi connectivity index (χ3n) is 3.11. The van der Waals surface area contributed by atoms with Crippen molar-refractivity contribution in [3.05, 3.63) is 0 Å². The van der Waals surface area contributed by atoms with Gasteiger partial charge in [-0.25, -0.2) is 0 Å². The Morgan fingerprint density at radius 3 is 2.29 bits per heavy atom. The van der Waals surface area contributed by atoms with E-state index in [4.69, 9.17) is 12.2 Å². The molecule has 0 bridgehead atoms. The SMILES string of the molecule is CCCCCCCC[C@H](O)CCCC(=S)NC. The van der Waals surface area contributed by atoms with Gasteiger partial charge in [0.15, 0.2) is 0 Å². The molecule has 0 saturated heterocycles. The summed E-state index contributed by atoms with van der Waals surface area (Å²) in [6.07, 6.45) is 11.4. The van der Waals surface area contributed by atoms with Crippen LogP contribution in [0.3, 0.4) is 0 Å². The lowest BCUT2D eigenvalue weighted by atomic mass is 10.0. The van der Waals surface area contributed by atoms with Crippen LogP contribution in [0.5, 0.6) is 0 Å². The second-order valence-electron chi connectivity index (χ2n) is 4.78. The maximum atomic E-state index is 9.77. The summed E-state index contributed by atoms with van der Waals surface area (Å²) in [6, 6.07) is 0. The third-order valence-corrected chi connectivity index (χ3v) is 3.52. The van der Waals surface area contributed by atoms with Crippen LogP contribution in [0.4, 0.5) is 0 Å². The number of nitrogens with one attached hydrogen (secondary N) is 1. The molecule has 1 atom stereocenters. The number of hydrogen-bond donors (Lipinski definition) is 2. The Hall–Kier alpha value is -0.150. The summed E-state index contributed by atoms with van der Waals surface area (Å²) >= 11 is 5.06. The first kappa shape index (κ1) is 16.9. The Morgan fingerprint density at radius 1 is 1.06 bits per heavy atom. The lowest BCUT2D eigenvalue weighted by Gasteiger charge is -2.10. The molecule has 17 heavy (non-hydrogen) atoms. The predicted octanol–water partition coefficient (Wildman–Crippen LogP) is 3.82. The second-order valence-corrected chi connectivity index (χ2v) is 5.27. The van der Waals surface area contributed by atoms with E-state index in [9.17, 15) is 5.11 Å². The lowest BCUT2D eigenvalue weighted by molar-refractivity contribution is 0.149. The molecule has 0 rings (SSSR count). The molecular weight excluding hydrogens is 230 g/mol. The van der Waals surface area contributed by atoms with Gasteiger partial charge < -0.3 is 10.4 Å². The van der Waals surface area contributed by atoms with Gasteiger partial charge in [0, 0.05) is 7.05 Å². The molecule has 0 spiro atoms. The van der Waals surface area contributed by atoms with Crippen molar-refractivity contribution in [3.8, 4) is 0 Å². The smallest absolute Gasteiger partial charge is 0.0750 e. The average molecular weight is 259 g/mol. The van der Waals surface area contributed by atoms with Gasteiger partial charge >= 0.3 is 0 Å². The summed E-state index contributed by atoms with van der Waals surface area (Å²) in [5.41, 5.74) is 0. The van der Waals surface area contributed by atoms with Crippen LogP contribution < -0.4 is 5.32 Å². The Balaban J connectivity index is 3.23. The van der Waals surface area contributed by atoms with Crippen LogP contribution >= 0.6 is 12.2 Å². The molecule has 0 radical (unpaired) electrons. The van der Waals surface area contributed by atoms with Gasteiger partial charge in [-0.05, 0) is 25.7 Å². The molecule has 0 aromatic carbocycles. The number of aliphatic hydroxyl groups excluding tert-OH is 1. The van der Waals surface area contributed by atoms with Gasteiger partial charge in [-0.3, -0.25) is 0 Å². The van der Waals surface area contributed by atoms with Gasteiger partial charge in [0.25, 0.3) is 0 Å². The van der Waals surface area contributed by atoms with E-state index in [1.54, 1.807) is 0 Å². The zero-order valence-electron chi connectivity index (χ0n) is 11.5. The van der Waals surface area contributed by atoms with Gasteiger partial charge in [-0.15, -0.1) is 0 Å². The zero-order valence-corrected chi connectivity index (χ0v) is 12.3. The van der Waals surface area contributed by atoms with E-state index in [2.05, 4.69) is 12.2 Å². The van der Waals surface area contributed by atoms with Crippen molar-refractivity contribution >= 4 is 17.2 Å². The van der Waals surface area contributed by atoms with Crippen LogP contribution in [-0.2, 0) is 0 Å². The monoisotopic (exact) mass is 259 g/mol. The largest absolute Gasteiger partial charge is 0.393 e. The Kier molecular flexibility index (Phi) is 12.2. The van der Waals surface area contributed by atoms with Crippen LogP contribution in [0.25, 0.3) is 0 Å². The van der Waals surface area contributed by atoms with Gasteiger partial charge in [0.05, 0.1) is 11.1 Å². The summed E-state index contributed by atoms with van der Waals surface area (Å²) in [6.45, 7) is 2.24. The minimum absolute atomic E-state index is 0.124. The van der Waals surface area contributed by atoms with Crippen molar-refractivity contribution in [1.82, 2.24) is 5.32 Å². The fraction of sp³-hybridized carbons (Fsp3) is 0.929. The highest BCUT2D eigenvalue weighted by Crippen LogP contribution is 2.12. The van der Waals surface area contributed by atoms with Crippen LogP contribution in [0.1, 0.15) is 71.1 Å². The van der Waals surface area contributed by atoms with Crippen LogP contribution in [-0.4, -0.2) is 23.2 Å². The van der Waals surface area contributed by atoms with Crippen molar-refractivity contribution in [2.75, 3.05) is 7.05 Å². The standard InChI is InChI=1S/C14H29NOS/c1-3-4-5-6-7-8-10-13(16)11-9-12-14(17)15-2/h13,16H,3-12H2,1-2H3,(H,15,17)/t13-/m0/s1. The number of unbranched alkanes of at least 4 members (excludes halogenated alkanes) is 5.